The maximum absolute atomic E-state index is 11.4. The molecule has 1 aliphatic rings. The normalized spacial score (nSPS) is 18.2. The van der Waals surface area contributed by atoms with Crippen LogP contribution in [0, 0.1) is 0 Å². The molecule has 0 radical (unpaired) electrons. The molecule has 0 aromatic heterocycles. The summed E-state index contributed by atoms with van der Waals surface area (Å²) in [5.41, 5.74) is 1.29. The first-order valence-electron chi connectivity index (χ1n) is 4.59. The van der Waals surface area contributed by atoms with Crippen LogP contribution in [0.1, 0.15) is 28.4 Å². The van der Waals surface area contributed by atoms with Gasteiger partial charge in [0.1, 0.15) is 6.10 Å². The largest absolute Gasteiger partial charge is 0.469 e. The quantitative estimate of drug-likeness (QED) is 0.687. The summed E-state index contributed by atoms with van der Waals surface area (Å²) in [6.07, 6.45) is -0.430. The fraction of sp³-hybridized carbons (Fsp3) is 0.273. The van der Waals surface area contributed by atoms with Crippen LogP contribution in [0.2, 0.25) is 0 Å². The van der Waals surface area contributed by atoms with Crippen molar-refractivity contribution in [1.82, 2.24) is 0 Å². The van der Waals surface area contributed by atoms with Gasteiger partial charge in [-0.05, 0) is 6.07 Å². The zero-order valence-electron chi connectivity index (χ0n) is 8.23. The van der Waals surface area contributed by atoms with Gasteiger partial charge in [0.25, 0.3) is 0 Å². The van der Waals surface area contributed by atoms with Crippen LogP contribution in [0.3, 0.4) is 0 Å². The Hall–Kier alpha value is -1.84. The summed E-state index contributed by atoms with van der Waals surface area (Å²) >= 11 is 0. The van der Waals surface area contributed by atoms with Crippen LogP contribution in [-0.4, -0.2) is 19.0 Å². The smallest absolute Gasteiger partial charge is 0.339 e. The average molecular weight is 206 g/mol. The van der Waals surface area contributed by atoms with E-state index in [0.29, 0.717) is 5.56 Å². The van der Waals surface area contributed by atoms with Crippen LogP contribution in [0.4, 0.5) is 0 Å². The summed E-state index contributed by atoms with van der Waals surface area (Å²) in [4.78, 5) is 22.4. The molecule has 2 rings (SSSR count). The summed E-state index contributed by atoms with van der Waals surface area (Å²) in [5, 5.41) is 0. The lowest BCUT2D eigenvalue weighted by atomic mass is 10.0. The second-order valence-corrected chi connectivity index (χ2v) is 3.26. The minimum Gasteiger partial charge on any atom is -0.469 e. The van der Waals surface area contributed by atoms with Gasteiger partial charge in [-0.15, -0.1) is 0 Å². The van der Waals surface area contributed by atoms with E-state index in [1.54, 1.807) is 18.2 Å². The molecule has 0 saturated carbocycles. The second-order valence-electron chi connectivity index (χ2n) is 3.26. The number of ether oxygens (including phenoxy) is 2. The number of rotatable bonds is 2. The molecule has 4 nitrogen and oxygen atoms in total. The number of carbonyl (C=O) groups excluding carboxylic acids is 2. The third-order valence-electron chi connectivity index (χ3n) is 2.36. The molecular weight excluding hydrogens is 196 g/mol. The molecule has 1 aromatic rings. The van der Waals surface area contributed by atoms with Gasteiger partial charge >= 0.3 is 11.9 Å². The van der Waals surface area contributed by atoms with E-state index in [9.17, 15) is 9.59 Å². The SMILES string of the molecule is COC(=O)CC1OC(=O)c2ccccc21. The van der Waals surface area contributed by atoms with Crippen LogP contribution in [0.25, 0.3) is 0 Å². The van der Waals surface area contributed by atoms with Crippen molar-refractivity contribution in [2.45, 2.75) is 12.5 Å². The highest BCUT2D eigenvalue weighted by Gasteiger charge is 2.32. The van der Waals surface area contributed by atoms with Gasteiger partial charge in [-0.1, -0.05) is 18.2 Å². The van der Waals surface area contributed by atoms with Crippen LogP contribution in [0.5, 0.6) is 0 Å². The zero-order chi connectivity index (χ0) is 10.8. The Bertz CT molecular complexity index is 411. The van der Waals surface area contributed by atoms with Gasteiger partial charge < -0.3 is 9.47 Å². The van der Waals surface area contributed by atoms with E-state index in [-0.39, 0.29) is 18.4 Å². The molecule has 1 aliphatic heterocycles. The number of fused-ring (bicyclic) bond motifs is 1. The number of benzene rings is 1. The molecular formula is C11H10O4. The number of carbonyl (C=O) groups is 2. The highest BCUT2D eigenvalue weighted by molar-refractivity contribution is 5.94. The number of hydrogen-bond donors (Lipinski definition) is 0. The minimum absolute atomic E-state index is 0.0687. The van der Waals surface area contributed by atoms with Gasteiger partial charge in [0.2, 0.25) is 0 Å². The zero-order valence-corrected chi connectivity index (χ0v) is 8.23. The third kappa shape index (κ3) is 1.70. The summed E-state index contributed by atoms with van der Waals surface area (Å²) in [6, 6.07) is 7.05. The Morgan fingerprint density at radius 2 is 2.20 bits per heavy atom. The number of cyclic esters (lactones) is 1. The van der Waals surface area contributed by atoms with Crippen molar-refractivity contribution < 1.29 is 19.1 Å². The topological polar surface area (TPSA) is 52.6 Å². The van der Waals surface area contributed by atoms with Crippen molar-refractivity contribution in [1.29, 1.82) is 0 Å². The summed E-state index contributed by atoms with van der Waals surface area (Å²) in [7, 11) is 1.31. The molecule has 0 saturated heterocycles. The van der Waals surface area contributed by atoms with E-state index in [1.165, 1.54) is 7.11 Å². The van der Waals surface area contributed by atoms with Gasteiger partial charge in [0, 0.05) is 5.56 Å². The molecule has 15 heavy (non-hydrogen) atoms. The monoisotopic (exact) mass is 206 g/mol. The van der Waals surface area contributed by atoms with Gasteiger partial charge in [0.15, 0.2) is 0 Å². The molecule has 0 bridgehead atoms. The Morgan fingerprint density at radius 1 is 1.47 bits per heavy atom. The second kappa shape index (κ2) is 3.73. The summed E-state index contributed by atoms with van der Waals surface area (Å²) in [6.45, 7) is 0. The van der Waals surface area contributed by atoms with E-state index in [4.69, 9.17) is 4.74 Å². The molecule has 1 atom stereocenters. The Balaban J connectivity index is 2.25. The molecule has 1 aromatic carbocycles. The Kier molecular flexibility index (Phi) is 2.41. The van der Waals surface area contributed by atoms with Crippen molar-refractivity contribution in [2.75, 3.05) is 7.11 Å². The molecule has 0 amide bonds. The van der Waals surface area contributed by atoms with Crippen LogP contribution in [-0.2, 0) is 14.3 Å². The van der Waals surface area contributed by atoms with E-state index < -0.39 is 6.10 Å². The van der Waals surface area contributed by atoms with E-state index in [2.05, 4.69) is 4.74 Å². The van der Waals surface area contributed by atoms with Gasteiger partial charge in [-0.3, -0.25) is 4.79 Å². The lowest BCUT2D eigenvalue weighted by Gasteiger charge is -2.08. The highest BCUT2D eigenvalue weighted by Crippen LogP contribution is 2.32. The van der Waals surface area contributed by atoms with Crippen molar-refractivity contribution in [3.8, 4) is 0 Å². The van der Waals surface area contributed by atoms with Gasteiger partial charge in [0.05, 0.1) is 19.1 Å². The van der Waals surface area contributed by atoms with Gasteiger partial charge in [-0.2, -0.15) is 0 Å². The summed E-state index contributed by atoms with van der Waals surface area (Å²) < 4.78 is 9.60. The molecule has 78 valence electrons. The molecule has 0 N–H and O–H groups in total. The van der Waals surface area contributed by atoms with Crippen LogP contribution in [0.15, 0.2) is 24.3 Å². The first-order chi connectivity index (χ1) is 7.22. The lowest BCUT2D eigenvalue weighted by Crippen LogP contribution is -2.08. The lowest BCUT2D eigenvalue weighted by molar-refractivity contribution is -0.142. The fourth-order valence-electron chi connectivity index (χ4n) is 1.61. The van der Waals surface area contributed by atoms with E-state index in [0.717, 1.165) is 5.56 Å². The van der Waals surface area contributed by atoms with Crippen LogP contribution < -0.4 is 0 Å². The van der Waals surface area contributed by atoms with Crippen molar-refractivity contribution in [3.05, 3.63) is 35.4 Å². The first-order valence-corrected chi connectivity index (χ1v) is 4.59. The van der Waals surface area contributed by atoms with E-state index in [1.807, 2.05) is 6.07 Å². The van der Waals surface area contributed by atoms with Gasteiger partial charge in [-0.25, -0.2) is 4.79 Å². The molecule has 0 aliphatic carbocycles. The average Bonchev–Trinajstić information content (AvgIpc) is 2.57. The number of esters is 2. The minimum atomic E-state index is -0.499. The van der Waals surface area contributed by atoms with E-state index >= 15 is 0 Å². The van der Waals surface area contributed by atoms with Crippen molar-refractivity contribution in [3.63, 3.8) is 0 Å². The summed E-state index contributed by atoms with van der Waals surface area (Å²) in [5.74, 6) is -0.760. The predicted octanol–water partition coefficient (Wildman–Crippen LogP) is 1.46. The standard InChI is InChI=1S/C11H10O4/c1-14-10(12)6-9-7-4-2-3-5-8(7)11(13)15-9/h2-5,9H,6H2,1H3. The maximum Gasteiger partial charge on any atom is 0.339 e. The fourth-order valence-corrected chi connectivity index (χ4v) is 1.61. The highest BCUT2D eigenvalue weighted by atomic mass is 16.6. The molecule has 0 fully saturated rings. The number of methoxy groups -OCH3 is 1. The van der Waals surface area contributed by atoms with Crippen molar-refractivity contribution in [2.24, 2.45) is 0 Å². The molecule has 1 heterocycles. The molecule has 0 spiro atoms. The third-order valence-corrected chi connectivity index (χ3v) is 2.36. The Labute approximate surface area is 86.8 Å². The van der Waals surface area contributed by atoms with Crippen molar-refractivity contribution >= 4 is 11.9 Å². The Morgan fingerprint density at radius 3 is 2.93 bits per heavy atom. The van der Waals surface area contributed by atoms with Crippen LogP contribution >= 0.6 is 0 Å². The molecule has 4 heteroatoms. The number of hydrogen-bond acceptors (Lipinski definition) is 4. The predicted molar refractivity (Wildman–Crippen MR) is 51.2 cm³/mol. The molecule has 1 unspecified atom stereocenters. The first kappa shape index (κ1) is 9.71. The maximum atomic E-state index is 11.4.